The number of aliphatic carboxylic acids is 1. The largest absolute Gasteiger partial charge is 0.481 e. The van der Waals surface area contributed by atoms with E-state index in [9.17, 15) is 53.6 Å². The molecule has 0 radical (unpaired) electrons. The van der Waals surface area contributed by atoms with E-state index in [4.69, 9.17) is 10.8 Å². The fourth-order valence-corrected chi connectivity index (χ4v) is 11.9. The van der Waals surface area contributed by atoms with Crippen LogP contribution in [-0.2, 0) is 50.1 Å². The molecule has 29 heteroatoms. The van der Waals surface area contributed by atoms with Crippen LogP contribution in [0.5, 0.6) is 0 Å². The lowest BCUT2D eigenvalue weighted by molar-refractivity contribution is -0.138. The molecule has 0 aliphatic carbocycles. The van der Waals surface area contributed by atoms with Crippen molar-refractivity contribution in [2.24, 2.45) is 0 Å². The number of anilines is 4. The van der Waals surface area contributed by atoms with Crippen molar-refractivity contribution in [1.82, 2.24) is 29.9 Å². The Hall–Kier alpha value is -8.54. The van der Waals surface area contributed by atoms with Crippen LogP contribution in [0, 0.1) is 34.9 Å². The molecule has 85 heavy (non-hydrogen) atoms. The van der Waals surface area contributed by atoms with Crippen molar-refractivity contribution >= 4 is 89.4 Å². The van der Waals surface area contributed by atoms with E-state index >= 15 is 8.78 Å². The van der Waals surface area contributed by atoms with Crippen molar-refractivity contribution in [3.63, 3.8) is 0 Å². The number of ketones is 2. The van der Waals surface area contributed by atoms with E-state index in [2.05, 4.69) is 35.2 Å². The summed E-state index contributed by atoms with van der Waals surface area (Å²) in [6.07, 6.45) is 2.97. The van der Waals surface area contributed by atoms with Gasteiger partial charge in [-0.25, -0.2) is 73.1 Å². The Labute approximate surface area is 492 Å². The number of amides is 1. The lowest BCUT2D eigenvalue weighted by Crippen LogP contribution is -2.17. The number of nitrogens with zero attached hydrogens (tertiary/aromatic N) is 6. The van der Waals surface area contributed by atoms with Gasteiger partial charge >= 0.3 is 5.97 Å². The molecule has 0 unspecified atom stereocenters. The fourth-order valence-electron chi connectivity index (χ4n) is 7.26. The highest BCUT2D eigenvalue weighted by molar-refractivity contribution is 7.93. The molecule has 0 spiro atoms. The maximum Gasteiger partial charge on any atom is 0.303 e. The number of Topliss-reactive ketones (excluding diaryl/α,β-unsaturated/α-hetero) is 2. The van der Waals surface area contributed by atoms with E-state index in [-0.39, 0.29) is 77.1 Å². The second-order valence-corrected chi connectivity index (χ2v) is 25.7. The van der Waals surface area contributed by atoms with Gasteiger partial charge in [0.1, 0.15) is 34.8 Å². The molecule has 0 fully saturated rings. The minimum Gasteiger partial charge on any atom is -0.481 e. The van der Waals surface area contributed by atoms with Gasteiger partial charge in [-0.3, -0.25) is 24.4 Å². The first kappa shape index (κ1) is 65.6. The van der Waals surface area contributed by atoms with Gasteiger partial charge in [-0.2, -0.15) is 0 Å². The van der Waals surface area contributed by atoms with Crippen molar-refractivity contribution in [3.8, 4) is 43.7 Å². The Morgan fingerprint density at radius 3 is 1.31 bits per heavy atom. The van der Waals surface area contributed by atoms with Crippen LogP contribution in [0.4, 0.5) is 49.6 Å². The molecular formula is C56H54F6N10O9S4. The third-order valence-electron chi connectivity index (χ3n) is 11.4. The SMILES string of the molecule is CC(=O)CCC(=O)Nc1nccc(-c2sc(C(C)(C)C)nc2-c2cccc(NS(=O)(=O)c3c(F)cccc3F)c2F)n1.CC(=O)CCC(=O)O.CC(C)(C)c1nc(-c2cccc(NS(=O)(=O)c3c(F)cccc3F)c2F)c(-c2ccnc(N)n2)s1. The summed E-state index contributed by atoms with van der Waals surface area (Å²) in [5.41, 5.74) is 4.77. The molecule has 4 aromatic heterocycles. The smallest absolute Gasteiger partial charge is 0.303 e. The number of hydrogen-bond donors (Lipinski definition) is 5. The molecule has 0 aliphatic heterocycles. The first-order chi connectivity index (χ1) is 39.7. The molecule has 8 aromatic rings. The van der Waals surface area contributed by atoms with Crippen LogP contribution in [0.1, 0.15) is 91.1 Å². The Bertz CT molecular complexity index is 4020. The van der Waals surface area contributed by atoms with E-state index in [0.717, 1.165) is 48.5 Å². The highest BCUT2D eigenvalue weighted by Gasteiger charge is 2.31. The predicted molar refractivity (Wildman–Crippen MR) is 309 cm³/mol. The lowest BCUT2D eigenvalue weighted by atomic mass is 9.98. The van der Waals surface area contributed by atoms with Crippen molar-refractivity contribution in [2.45, 2.75) is 102 Å². The standard InChI is InChI=1S/C28H26F3N5O4S2.C23H20F3N5O2S2.C5H8O3/c1-15(37)11-12-21(38)34-27-32-14-13-20(33-27)24-23(35-26(41-24)28(2,3)4)16-7-5-10-19(22(16)31)36-42(39,40)25-17(29)8-6-9-18(25)30;1-23(2,3)21-30-18(19(34-21)16-10-11-28-22(27)29-16)12-6-4-9-15(17(12)26)31-35(32,33)20-13(24)7-5-8-14(20)25;1-4(6)2-3-5(7)8/h5-10,13-14,36H,11-12H2,1-4H3,(H,32,33,34,38);4-11,31H,1-3H3,(H2,27,28,29);2-3H2,1H3,(H,7,8). The van der Waals surface area contributed by atoms with Crippen LogP contribution in [-0.4, -0.2) is 75.3 Å². The summed E-state index contributed by atoms with van der Waals surface area (Å²) in [4.78, 5) is 67.5. The number of carbonyl (C=O) groups is 4. The number of sulfonamides is 2. The zero-order valence-corrected chi connectivity index (χ0v) is 49.7. The van der Waals surface area contributed by atoms with Crippen LogP contribution in [0.3, 0.4) is 0 Å². The van der Waals surface area contributed by atoms with E-state index in [1.54, 1.807) is 12.1 Å². The topological polar surface area (TPSA) is 296 Å². The summed E-state index contributed by atoms with van der Waals surface area (Å²) < 4.78 is 143. The van der Waals surface area contributed by atoms with Crippen LogP contribution < -0.4 is 20.5 Å². The fraction of sp³-hybridized carbons (Fsp3) is 0.250. The monoisotopic (exact) mass is 1250 g/mol. The minimum absolute atomic E-state index is 0.0213. The first-order valence-corrected chi connectivity index (χ1v) is 29.7. The molecule has 0 saturated heterocycles. The van der Waals surface area contributed by atoms with Crippen molar-refractivity contribution < 1.29 is 67.5 Å². The summed E-state index contributed by atoms with van der Waals surface area (Å²) >= 11 is 2.51. The van der Waals surface area contributed by atoms with Gasteiger partial charge in [0, 0.05) is 53.6 Å². The zero-order valence-electron chi connectivity index (χ0n) is 46.4. The number of benzene rings is 4. The summed E-state index contributed by atoms with van der Waals surface area (Å²) in [6, 6.07) is 16.2. The van der Waals surface area contributed by atoms with Crippen molar-refractivity contribution in [3.05, 3.63) is 142 Å². The molecular weight excluding hydrogens is 1200 g/mol. The Morgan fingerprint density at radius 1 is 0.541 bits per heavy atom. The van der Waals surface area contributed by atoms with Gasteiger partial charge in [-0.1, -0.05) is 65.8 Å². The second-order valence-electron chi connectivity index (χ2n) is 20.5. The molecule has 0 bridgehead atoms. The molecule has 0 atom stereocenters. The number of carbonyl (C=O) groups excluding carboxylic acids is 3. The molecule has 448 valence electrons. The molecule has 0 saturated carbocycles. The molecule has 1 amide bonds. The second kappa shape index (κ2) is 27.0. The van der Waals surface area contributed by atoms with Gasteiger partial charge in [0.2, 0.25) is 17.8 Å². The van der Waals surface area contributed by atoms with Crippen LogP contribution in [0.15, 0.2) is 107 Å². The summed E-state index contributed by atoms with van der Waals surface area (Å²) in [6.45, 7) is 14.3. The quantitative estimate of drug-likeness (QED) is 0.0529. The number of carboxylic acid groups (broad SMARTS) is 1. The van der Waals surface area contributed by atoms with Crippen LogP contribution in [0.25, 0.3) is 43.7 Å². The number of nitrogens with two attached hydrogens (primary N) is 1. The molecule has 8 rings (SSSR count). The number of nitrogen functional groups attached to an aromatic ring is 1. The van der Waals surface area contributed by atoms with Gasteiger partial charge in [0.15, 0.2) is 21.4 Å². The summed E-state index contributed by atoms with van der Waals surface area (Å²) in [7, 11) is -9.62. The number of halogens is 6. The van der Waals surface area contributed by atoms with Crippen molar-refractivity contribution in [1.29, 1.82) is 0 Å². The number of carboxylic acids is 1. The van der Waals surface area contributed by atoms with Gasteiger partial charge in [0.05, 0.1) is 60.3 Å². The Morgan fingerprint density at radius 2 is 0.929 bits per heavy atom. The van der Waals surface area contributed by atoms with E-state index in [1.165, 1.54) is 73.2 Å². The Kier molecular flexibility index (Phi) is 20.8. The highest BCUT2D eigenvalue weighted by Crippen LogP contribution is 2.44. The van der Waals surface area contributed by atoms with Gasteiger partial charge in [0.25, 0.3) is 20.0 Å². The van der Waals surface area contributed by atoms with Gasteiger partial charge in [-0.05, 0) is 74.5 Å². The summed E-state index contributed by atoms with van der Waals surface area (Å²) in [5.74, 6) is -8.87. The number of aromatic nitrogens is 6. The molecule has 19 nitrogen and oxygen atoms in total. The van der Waals surface area contributed by atoms with E-state index < -0.39 is 93.4 Å². The predicted octanol–water partition coefficient (Wildman–Crippen LogP) is 11.9. The lowest BCUT2D eigenvalue weighted by Gasteiger charge is -2.14. The van der Waals surface area contributed by atoms with Gasteiger partial charge < -0.3 is 20.4 Å². The zero-order chi connectivity index (χ0) is 62.9. The normalized spacial score (nSPS) is 11.6. The summed E-state index contributed by atoms with van der Waals surface area (Å²) in [5, 5.41) is 11.8. The number of nitrogens with one attached hydrogen (secondary N) is 3. The first-order valence-electron chi connectivity index (χ1n) is 25.1. The van der Waals surface area contributed by atoms with Crippen LogP contribution in [0.2, 0.25) is 0 Å². The Balaban J connectivity index is 0.000000244. The molecule has 4 aromatic carbocycles. The number of thiazole rings is 2. The number of hydrogen-bond acceptors (Lipinski definition) is 17. The third-order valence-corrected chi connectivity index (χ3v) is 17.2. The van der Waals surface area contributed by atoms with Crippen LogP contribution >= 0.6 is 22.7 Å². The van der Waals surface area contributed by atoms with E-state index in [0.29, 0.717) is 31.2 Å². The van der Waals surface area contributed by atoms with E-state index in [1.807, 2.05) is 51.0 Å². The third kappa shape index (κ3) is 16.8. The minimum atomic E-state index is -4.84. The molecule has 0 aliphatic rings. The average Bonchev–Trinajstić information content (AvgIpc) is 2.08. The molecule has 6 N–H and O–H groups in total. The maximum absolute atomic E-state index is 15.9. The highest BCUT2D eigenvalue weighted by atomic mass is 32.2. The number of rotatable bonds is 17. The van der Waals surface area contributed by atoms with Gasteiger partial charge in [-0.15, -0.1) is 22.7 Å². The molecule has 4 heterocycles. The maximum atomic E-state index is 15.9. The van der Waals surface area contributed by atoms with Crippen molar-refractivity contribution in [2.75, 3.05) is 20.5 Å². The average molecular weight is 1250 g/mol.